The van der Waals surface area contributed by atoms with Gasteiger partial charge in [-0.1, -0.05) is 24.3 Å². The molecule has 2 aromatic carbocycles. The van der Waals surface area contributed by atoms with E-state index < -0.39 is 5.82 Å². The Labute approximate surface area is 156 Å². The molecule has 138 valence electrons. The zero-order valence-corrected chi connectivity index (χ0v) is 14.8. The van der Waals surface area contributed by atoms with E-state index in [4.69, 9.17) is 4.74 Å². The van der Waals surface area contributed by atoms with E-state index in [1.165, 1.54) is 18.5 Å². The number of aromatic nitrogens is 2. The Kier molecular flexibility index (Phi) is 5.94. The number of rotatable bonds is 7. The monoisotopic (exact) mass is 366 g/mol. The van der Waals surface area contributed by atoms with Gasteiger partial charge in [-0.05, 0) is 36.2 Å². The minimum atomic E-state index is -0.401. The zero-order chi connectivity index (χ0) is 19.1. The van der Waals surface area contributed by atoms with Crippen LogP contribution in [0.25, 0.3) is 0 Å². The van der Waals surface area contributed by atoms with E-state index in [0.717, 1.165) is 11.3 Å². The summed E-state index contributed by atoms with van der Waals surface area (Å²) in [5, 5.41) is 5.60. The quantitative estimate of drug-likeness (QED) is 0.671. The average molecular weight is 366 g/mol. The van der Waals surface area contributed by atoms with E-state index in [9.17, 15) is 9.18 Å². The highest BCUT2D eigenvalue weighted by molar-refractivity contribution is 5.93. The average Bonchev–Trinajstić information content (AvgIpc) is 2.71. The van der Waals surface area contributed by atoms with Gasteiger partial charge < -0.3 is 15.4 Å². The standard InChI is InChI=1S/C20H19FN4O2/c1-27-16-8-6-14(7-9-16)10-11-22-19(26)15-12-23-20(24-13-15)25-18-5-3-2-4-17(18)21/h2-9,12-13H,10-11H2,1H3,(H,22,26)(H,23,24,25). The van der Waals surface area contributed by atoms with Crippen LogP contribution in [0.1, 0.15) is 15.9 Å². The summed E-state index contributed by atoms with van der Waals surface area (Å²) in [7, 11) is 1.62. The molecule has 0 aliphatic carbocycles. The maximum absolute atomic E-state index is 13.6. The first kappa shape index (κ1) is 18.3. The lowest BCUT2D eigenvalue weighted by Gasteiger charge is -2.08. The second-order valence-corrected chi connectivity index (χ2v) is 5.75. The van der Waals surface area contributed by atoms with Gasteiger partial charge in [0.15, 0.2) is 0 Å². The largest absolute Gasteiger partial charge is 0.497 e. The summed E-state index contributed by atoms with van der Waals surface area (Å²) in [6.45, 7) is 0.486. The van der Waals surface area contributed by atoms with E-state index in [1.807, 2.05) is 24.3 Å². The SMILES string of the molecule is COc1ccc(CCNC(=O)c2cnc(Nc3ccccc3F)nc2)cc1. The lowest BCUT2D eigenvalue weighted by molar-refractivity contribution is 0.0953. The second kappa shape index (κ2) is 8.75. The van der Waals surface area contributed by atoms with Crippen LogP contribution in [0.2, 0.25) is 0 Å². The van der Waals surface area contributed by atoms with Gasteiger partial charge in [0.1, 0.15) is 11.6 Å². The van der Waals surface area contributed by atoms with Crippen LogP contribution in [0.5, 0.6) is 5.75 Å². The third-order valence-corrected chi connectivity index (χ3v) is 3.89. The Morgan fingerprint density at radius 2 is 1.78 bits per heavy atom. The minimum Gasteiger partial charge on any atom is -0.497 e. The van der Waals surface area contributed by atoms with Gasteiger partial charge in [-0.3, -0.25) is 4.79 Å². The Bertz CT molecular complexity index is 899. The molecule has 0 spiro atoms. The zero-order valence-electron chi connectivity index (χ0n) is 14.8. The smallest absolute Gasteiger partial charge is 0.254 e. The van der Waals surface area contributed by atoms with Crippen LogP contribution in [-0.4, -0.2) is 29.5 Å². The first-order valence-electron chi connectivity index (χ1n) is 8.40. The van der Waals surface area contributed by atoms with E-state index in [-0.39, 0.29) is 17.5 Å². The van der Waals surface area contributed by atoms with E-state index in [2.05, 4.69) is 20.6 Å². The lowest BCUT2D eigenvalue weighted by Crippen LogP contribution is -2.26. The van der Waals surface area contributed by atoms with Crippen LogP contribution in [0.3, 0.4) is 0 Å². The predicted octanol–water partition coefficient (Wildman–Crippen LogP) is 3.34. The summed E-state index contributed by atoms with van der Waals surface area (Å²) in [6, 6.07) is 13.9. The Morgan fingerprint density at radius 1 is 1.07 bits per heavy atom. The van der Waals surface area contributed by atoms with Crippen molar-refractivity contribution in [1.82, 2.24) is 15.3 Å². The number of para-hydroxylation sites is 1. The van der Waals surface area contributed by atoms with Crippen molar-refractivity contribution in [3.05, 3.63) is 77.9 Å². The van der Waals surface area contributed by atoms with Crippen LogP contribution < -0.4 is 15.4 Å². The summed E-state index contributed by atoms with van der Waals surface area (Å²) < 4.78 is 18.7. The maximum atomic E-state index is 13.6. The molecule has 0 saturated heterocycles. The van der Waals surface area contributed by atoms with Crippen LogP contribution in [0, 0.1) is 5.82 Å². The molecule has 27 heavy (non-hydrogen) atoms. The molecule has 1 amide bonds. The molecule has 0 unspecified atom stereocenters. The number of carbonyl (C=O) groups excluding carboxylic acids is 1. The van der Waals surface area contributed by atoms with Crippen molar-refractivity contribution in [2.75, 3.05) is 19.0 Å². The van der Waals surface area contributed by atoms with Crippen molar-refractivity contribution in [3.8, 4) is 5.75 Å². The molecule has 0 bridgehead atoms. The van der Waals surface area contributed by atoms with Crippen LogP contribution >= 0.6 is 0 Å². The molecule has 0 atom stereocenters. The minimum absolute atomic E-state index is 0.217. The van der Waals surface area contributed by atoms with Crippen LogP contribution in [0.15, 0.2) is 60.9 Å². The molecule has 3 rings (SSSR count). The number of carbonyl (C=O) groups is 1. The van der Waals surface area contributed by atoms with Crippen LogP contribution in [0.4, 0.5) is 16.0 Å². The highest BCUT2D eigenvalue weighted by Crippen LogP contribution is 2.16. The topological polar surface area (TPSA) is 76.1 Å². The van der Waals surface area contributed by atoms with Gasteiger partial charge in [0.2, 0.25) is 5.95 Å². The van der Waals surface area contributed by atoms with Gasteiger partial charge in [0.25, 0.3) is 5.91 Å². The second-order valence-electron chi connectivity index (χ2n) is 5.75. The third-order valence-electron chi connectivity index (χ3n) is 3.89. The van der Waals surface area contributed by atoms with E-state index in [1.54, 1.807) is 25.3 Å². The normalized spacial score (nSPS) is 10.3. The van der Waals surface area contributed by atoms with E-state index >= 15 is 0 Å². The molecular weight excluding hydrogens is 347 g/mol. The summed E-state index contributed by atoms with van der Waals surface area (Å²) in [5.41, 5.74) is 1.70. The van der Waals surface area contributed by atoms with Gasteiger partial charge in [-0.15, -0.1) is 0 Å². The number of nitrogens with one attached hydrogen (secondary N) is 2. The molecule has 0 radical (unpaired) electrons. The molecular formula is C20H19FN4O2. The third kappa shape index (κ3) is 5.01. The molecule has 0 aliphatic heterocycles. The molecule has 2 N–H and O–H groups in total. The van der Waals surface area contributed by atoms with Crippen molar-refractivity contribution in [2.45, 2.75) is 6.42 Å². The number of nitrogens with zero attached hydrogens (tertiary/aromatic N) is 2. The molecule has 1 heterocycles. The maximum Gasteiger partial charge on any atom is 0.254 e. The number of hydrogen-bond acceptors (Lipinski definition) is 5. The number of ether oxygens (including phenoxy) is 1. The number of halogens is 1. The van der Waals surface area contributed by atoms with E-state index in [0.29, 0.717) is 18.5 Å². The Morgan fingerprint density at radius 3 is 2.44 bits per heavy atom. The Balaban J connectivity index is 1.52. The summed E-state index contributed by atoms with van der Waals surface area (Å²) in [4.78, 5) is 20.3. The highest BCUT2D eigenvalue weighted by atomic mass is 19.1. The number of hydrogen-bond donors (Lipinski definition) is 2. The first-order valence-corrected chi connectivity index (χ1v) is 8.40. The van der Waals surface area contributed by atoms with Gasteiger partial charge in [0, 0.05) is 18.9 Å². The fourth-order valence-corrected chi connectivity index (χ4v) is 2.41. The number of methoxy groups -OCH3 is 1. The Hall–Kier alpha value is -3.48. The van der Waals surface area contributed by atoms with Gasteiger partial charge in [-0.2, -0.15) is 0 Å². The van der Waals surface area contributed by atoms with Gasteiger partial charge >= 0.3 is 0 Å². The molecule has 6 nitrogen and oxygen atoms in total. The van der Waals surface area contributed by atoms with Crippen LogP contribution in [-0.2, 0) is 6.42 Å². The predicted molar refractivity (Wildman–Crippen MR) is 101 cm³/mol. The number of amides is 1. The highest BCUT2D eigenvalue weighted by Gasteiger charge is 2.08. The van der Waals surface area contributed by atoms with Crippen molar-refractivity contribution in [3.63, 3.8) is 0 Å². The van der Waals surface area contributed by atoms with Crippen molar-refractivity contribution >= 4 is 17.5 Å². The molecule has 3 aromatic rings. The fraction of sp³-hybridized carbons (Fsp3) is 0.150. The number of benzene rings is 2. The fourth-order valence-electron chi connectivity index (χ4n) is 2.41. The summed E-state index contributed by atoms with van der Waals surface area (Å²) >= 11 is 0. The first-order chi connectivity index (χ1) is 13.2. The van der Waals surface area contributed by atoms with Gasteiger partial charge in [0.05, 0.1) is 18.4 Å². The molecule has 0 saturated carbocycles. The van der Waals surface area contributed by atoms with Crippen molar-refractivity contribution in [1.29, 1.82) is 0 Å². The summed E-state index contributed by atoms with van der Waals surface area (Å²) in [6.07, 6.45) is 3.50. The van der Waals surface area contributed by atoms with Crippen molar-refractivity contribution < 1.29 is 13.9 Å². The van der Waals surface area contributed by atoms with Crippen molar-refractivity contribution in [2.24, 2.45) is 0 Å². The molecule has 0 fully saturated rings. The lowest BCUT2D eigenvalue weighted by atomic mass is 10.1. The molecule has 1 aromatic heterocycles. The van der Waals surface area contributed by atoms with Gasteiger partial charge in [-0.25, -0.2) is 14.4 Å². The molecule has 7 heteroatoms. The number of anilines is 2. The molecule has 0 aliphatic rings. The summed E-state index contributed by atoms with van der Waals surface area (Å²) in [5.74, 6) is 0.348.